The number of rotatable bonds is 5. The normalized spacial score (nSPS) is 11.7. The van der Waals surface area contributed by atoms with Crippen LogP contribution in [-0.4, -0.2) is 26.9 Å². The van der Waals surface area contributed by atoms with Gasteiger partial charge in [0.15, 0.2) is 0 Å². The zero-order valence-electron chi connectivity index (χ0n) is 11.5. The summed E-state index contributed by atoms with van der Waals surface area (Å²) in [6.45, 7) is 4.44. The number of nitrogen functional groups attached to an aromatic ring is 1. The minimum Gasteiger partial charge on any atom is -0.399 e. The van der Waals surface area contributed by atoms with Crippen molar-refractivity contribution in [3.05, 3.63) is 23.5 Å². The maximum absolute atomic E-state index is 13.8. The molecule has 112 valence electrons. The Hall–Kier alpha value is -1.67. The largest absolute Gasteiger partial charge is 0.399 e. The van der Waals surface area contributed by atoms with Crippen LogP contribution in [0.1, 0.15) is 19.4 Å². The molecule has 1 aromatic rings. The number of amides is 1. The summed E-state index contributed by atoms with van der Waals surface area (Å²) < 4.78 is 39.8. The Morgan fingerprint density at radius 2 is 2.00 bits per heavy atom. The predicted octanol–water partition coefficient (Wildman–Crippen LogP) is 0.519. The van der Waals surface area contributed by atoms with Crippen LogP contribution in [0.2, 0.25) is 0 Å². The molecule has 6 nitrogen and oxygen atoms in total. The van der Waals surface area contributed by atoms with E-state index in [0.29, 0.717) is 0 Å². The SMILES string of the molecule is Cc1cc(N)cc(S(=O)(=O)NCC(=O)NC(C)C)c1F. The van der Waals surface area contributed by atoms with Crippen molar-refractivity contribution in [1.82, 2.24) is 10.0 Å². The van der Waals surface area contributed by atoms with Crippen molar-refractivity contribution in [3.8, 4) is 0 Å². The lowest BCUT2D eigenvalue weighted by atomic mass is 10.2. The highest BCUT2D eigenvalue weighted by atomic mass is 32.2. The number of hydrogen-bond acceptors (Lipinski definition) is 4. The molecule has 0 aliphatic carbocycles. The van der Waals surface area contributed by atoms with E-state index in [0.717, 1.165) is 6.07 Å². The fourth-order valence-electron chi connectivity index (χ4n) is 1.57. The molecule has 0 unspecified atom stereocenters. The maximum atomic E-state index is 13.8. The van der Waals surface area contributed by atoms with Gasteiger partial charge in [0.1, 0.15) is 10.7 Å². The molecule has 1 amide bonds. The average molecular weight is 303 g/mol. The van der Waals surface area contributed by atoms with E-state index in [4.69, 9.17) is 5.73 Å². The number of aryl methyl sites for hydroxylation is 1. The molecule has 0 fully saturated rings. The van der Waals surface area contributed by atoms with E-state index in [2.05, 4.69) is 5.32 Å². The number of nitrogens with one attached hydrogen (secondary N) is 2. The van der Waals surface area contributed by atoms with Crippen molar-refractivity contribution in [2.24, 2.45) is 0 Å². The fourth-order valence-corrected chi connectivity index (χ4v) is 2.74. The summed E-state index contributed by atoms with van der Waals surface area (Å²) in [6, 6.07) is 2.24. The summed E-state index contributed by atoms with van der Waals surface area (Å²) in [7, 11) is -4.13. The van der Waals surface area contributed by atoms with Crippen LogP contribution in [0.15, 0.2) is 17.0 Å². The van der Waals surface area contributed by atoms with E-state index in [1.165, 1.54) is 13.0 Å². The van der Waals surface area contributed by atoms with Gasteiger partial charge in [-0.3, -0.25) is 4.79 Å². The number of carbonyl (C=O) groups excluding carboxylic acids is 1. The van der Waals surface area contributed by atoms with E-state index in [-0.39, 0.29) is 17.3 Å². The summed E-state index contributed by atoms with van der Waals surface area (Å²) in [6.07, 6.45) is 0. The zero-order valence-corrected chi connectivity index (χ0v) is 12.3. The third-order valence-corrected chi connectivity index (χ3v) is 3.81. The van der Waals surface area contributed by atoms with E-state index in [1.54, 1.807) is 13.8 Å². The van der Waals surface area contributed by atoms with Gasteiger partial charge in [0, 0.05) is 11.7 Å². The number of benzene rings is 1. The van der Waals surface area contributed by atoms with Crippen molar-refractivity contribution >= 4 is 21.6 Å². The first-order chi connectivity index (χ1) is 9.13. The highest BCUT2D eigenvalue weighted by Crippen LogP contribution is 2.21. The molecule has 8 heteroatoms. The van der Waals surface area contributed by atoms with Crippen LogP contribution in [0.4, 0.5) is 10.1 Å². The molecule has 0 aliphatic rings. The zero-order chi connectivity index (χ0) is 15.5. The Labute approximate surface area is 117 Å². The van der Waals surface area contributed by atoms with E-state index in [9.17, 15) is 17.6 Å². The Bertz CT molecular complexity index is 615. The monoisotopic (exact) mass is 303 g/mol. The molecular formula is C12H18FN3O3S. The Morgan fingerprint density at radius 3 is 2.55 bits per heavy atom. The summed E-state index contributed by atoms with van der Waals surface area (Å²) in [4.78, 5) is 10.8. The number of halogens is 1. The maximum Gasteiger partial charge on any atom is 0.244 e. The molecule has 1 rings (SSSR count). The molecule has 0 aromatic heterocycles. The lowest BCUT2D eigenvalue weighted by molar-refractivity contribution is -0.120. The van der Waals surface area contributed by atoms with Gasteiger partial charge >= 0.3 is 0 Å². The third-order valence-electron chi connectivity index (χ3n) is 2.41. The first-order valence-electron chi connectivity index (χ1n) is 5.98. The Balaban J connectivity index is 2.93. The number of sulfonamides is 1. The fraction of sp³-hybridized carbons (Fsp3) is 0.417. The standard InChI is InChI=1S/C12H18FN3O3S/c1-7(2)16-11(17)6-15-20(18,19)10-5-9(14)4-8(3)12(10)13/h4-5,7,15H,6,14H2,1-3H3,(H,16,17). The Kier molecular flexibility index (Phi) is 5.07. The van der Waals surface area contributed by atoms with Gasteiger partial charge in [-0.1, -0.05) is 0 Å². The topological polar surface area (TPSA) is 101 Å². The number of hydrogen-bond donors (Lipinski definition) is 3. The van der Waals surface area contributed by atoms with Crippen molar-refractivity contribution in [1.29, 1.82) is 0 Å². The minimum absolute atomic E-state index is 0.113. The second-order valence-corrected chi connectivity index (χ2v) is 6.43. The van der Waals surface area contributed by atoms with Crippen LogP contribution in [0.3, 0.4) is 0 Å². The van der Waals surface area contributed by atoms with Gasteiger partial charge in [0.25, 0.3) is 0 Å². The highest BCUT2D eigenvalue weighted by molar-refractivity contribution is 7.89. The van der Waals surface area contributed by atoms with Gasteiger partial charge in [0.2, 0.25) is 15.9 Å². The van der Waals surface area contributed by atoms with E-state index >= 15 is 0 Å². The smallest absolute Gasteiger partial charge is 0.244 e. The van der Waals surface area contributed by atoms with Crippen LogP contribution >= 0.6 is 0 Å². The summed E-state index contributed by atoms with van der Waals surface area (Å²) in [5.41, 5.74) is 5.77. The molecule has 0 atom stereocenters. The average Bonchev–Trinajstić information content (AvgIpc) is 2.30. The van der Waals surface area contributed by atoms with Crippen LogP contribution < -0.4 is 15.8 Å². The summed E-state index contributed by atoms with van der Waals surface area (Å²) >= 11 is 0. The first kappa shape index (κ1) is 16.4. The van der Waals surface area contributed by atoms with Gasteiger partial charge < -0.3 is 11.1 Å². The first-order valence-corrected chi connectivity index (χ1v) is 7.46. The van der Waals surface area contributed by atoms with E-state index in [1.807, 2.05) is 4.72 Å². The van der Waals surface area contributed by atoms with Gasteiger partial charge in [-0.15, -0.1) is 0 Å². The van der Waals surface area contributed by atoms with Crippen molar-refractivity contribution in [3.63, 3.8) is 0 Å². The Morgan fingerprint density at radius 1 is 1.40 bits per heavy atom. The van der Waals surface area contributed by atoms with Gasteiger partial charge in [-0.05, 0) is 38.5 Å². The predicted molar refractivity (Wildman–Crippen MR) is 74.0 cm³/mol. The highest BCUT2D eigenvalue weighted by Gasteiger charge is 2.22. The molecule has 0 radical (unpaired) electrons. The lowest BCUT2D eigenvalue weighted by Gasteiger charge is -2.11. The summed E-state index contributed by atoms with van der Waals surface area (Å²) in [5, 5.41) is 2.52. The van der Waals surface area contributed by atoms with Crippen LogP contribution in [-0.2, 0) is 14.8 Å². The van der Waals surface area contributed by atoms with Gasteiger partial charge in [-0.25, -0.2) is 17.5 Å². The molecule has 20 heavy (non-hydrogen) atoms. The molecule has 0 aliphatic heterocycles. The van der Waals surface area contributed by atoms with Crippen LogP contribution in [0.25, 0.3) is 0 Å². The molecule has 0 spiro atoms. The lowest BCUT2D eigenvalue weighted by Crippen LogP contribution is -2.40. The number of anilines is 1. The van der Waals surface area contributed by atoms with Crippen molar-refractivity contribution in [2.75, 3.05) is 12.3 Å². The third kappa shape index (κ3) is 4.17. The number of carbonyl (C=O) groups is 1. The quantitative estimate of drug-likeness (QED) is 0.690. The van der Waals surface area contributed by atoms with Crippen LogP contribution in [0.5, 0.6) is 0 Å². The van der Waals surface area contributed by atoms with Crippen LogP contribution in [0, 0.1) is 12.7 Å². The van der Waals surface area contributed by atoms with Crippen molar-refractivity contribution in [2.45, 2.75) is 31.7 Å². The number of nitrogens with two attached hydrogens (primary N) is 1. The second kappa shape index (κ2) is 6.19. The summed E-state index contributed by atoms with van der Waals surface area (Å²) in [5.74, 6) is -1.37. The minimum atomic E-state index is -4.13. The molecule has 0 bridgehead atoms. The van der Waals surface area contributed by atoms with E-state index < -0.39 is 33.2 Å². The molecule has 0 saturated carbocycles. The van der Waals surface area contributed by atoms with Gasteiger partial charge in [-0.2, -0.15) is 0 Å². The molecular weight excluding hydrogens is 285 g/mol. The molecule has 0 heterocycles. The molecule has 0 saturated heterocycles. The molecule has 1 aromatic carbocycles. The second-order valence-electron chi connectivity index (χ2n) is 4.70. The van der Waals surface area contributed by atoms with Crippen molar-refractivity contribution < 1.29 is 17.6 Å². The molecule has 4 N–H and O–H groups in total. The van der Waals surface area contributed by atoms with Gasteiger partial charge in [0.05, 0.1) is 6.54 Å².